The molecule has 1 aliphatic rings. The Balaban J connectivity index is 1.56. The first kappa shape index (κ1) is 18.5. The fourth-order valence-corrected chi connectivity index (χ4v) is 3.06. The molecule has 1 fully saturated rings. The van der Waals surface area contributed by atoms with Crippen LogP contribution in [0.15, 0.2) is 34.9 Å². The SMILES string of the molecule is COc1ccc(-c2nc(CN3CCN(C(=O)C(C)(C)C)CC3)co2)cc1. The third-order valence-corrected chi connectivity index (χ3v) is 4.58. The van der Waals surface area contributed by atoms with Gasteiger partial charge in [0.05, 0.1) is 12.8 Å². The van der Waals surface area contributed by atoms with Crippen LogP contribution in [0.4, 0.5) is 0 Å². The number of methoxy groups -OCH3 is 1. The molecule has 2 aromatic rings. The Morgan fingerprint density at radius 1 is 1.15 bits per heavy atom. The highest BCUT2D eigenvalue weighted by atomic mass is 16.5. The normalized spacial score (nSPS) is 15.9. The highest BCUT2D eigenvalue weighted by Crippen LogP contribution is 2.23. The second-order valence-corrected chi connectivity index (χ2v) is 7.69. The second-order valence-electron chi connectivity index (χ2n) is 7.69. The first-order chi connectivity index (χ1) is 12.4. The fourth-order valence-electron chi connectivity index (χ4n) is 3.06. The summed E-state index contributed by atoms with van der Waals surface area (Å²) in [7, 11) is 1.65. The van der Waals surface area contributed by atoms with Crippen LogP contribution >= 0.6 is 0 Å². The zero-order valence-electron chi connectivity index (χ0n) is 16.0. The summed E-state index contributed by atoms with van der Waals surface area (Å²) in [5.74, 6) is 1.65. The molecule has 0 radical (unpaired) electrons. The summed E-state index contributed by atoms with van der Waals surface area (Å²) in [4.78, 5) is 21.2. The number of hydrogen-bond acceptors (Lipinski definition) is 5. The summed E-state index contributed by atoms with van der Waals surface area (Å²) in [5, 5.41) is 0. The lowest BCUT2D eigenvalue weighted by atomic mass is 9.94. The monoisotopic (exact) mass is 357 g/mol. The van der Waals surface area contributed by atoms with E-state index in [1.54, 1.807) is 13.4 Å². The van der Waals surface area contributed by atoms with Crippen LogP contribution in [-0.2, 0) is 11.3 Å². The Bertz CT molecular complexity index is 738. The lowest BCUT2D eigenvalue weighted by Gasteiger charge is -2.37. The van der Waals surface area contributed by atoms with Gasteiger partial charge in [0.15, 0.2) is 0 Å². The number of carbonyl (C=O) groups is 1. The number of benzene rings is 1. The summed E-state index contributed by atoms with van der Waals surface area (Å²) in [6.45, 7) is 9.88. The van der Waals surface area contributed by atoms with Gasteiger partial charge in [0.1, 0.15) is 12.0 Å². The van der Waals surface area contributed by atoms with E-state index < -0.39 is 0 Å². The van der Waals surface area contributed by atoms with Crippen LogP contribution in [0.25, 0.3) is 11.5 Å². The smallest absolute Gasteiger partial charge is 0.228 e. The topological polar surface area (TPSA) is 58.8 Å². The van der Waals surface area contributed by atoms with Crippen LogP contribution < -0.4 is 4.74 Å². The quantitative estimate of drug-likeness (QED) is 0.842. The zero-order valence-corrected chi connectivity index (χ0v) is 16.0. The third kappa shape index (κ3) is 4.25. The lowest BCUT2D eigenvalue weighted by Crippen LogP contribution is -2.51. The van der Waals surface area contributed by atoms with Gasteiger partial charge in [-0.05, 0) is 24.3 Å². The Hall–Kier alpha value is -2.34. The molecule has 0 saturated carbocycles. The molecule has 1 aromatic heterocycles. The molecule has 0 bridgehead atoms. The predicted octanol–water partition coefficient (Wildman–Crippen LogP) is 3.04. The van der Waals surface area contributed by atoms with Crippen molar-refractivity contribution in [2.75, 3.05) is 33.3 Å². The summed E-state index contributed by atoms with van der Waals surface area (Å²) < 4.78 is 10.8. The highest BCUT2D eigenvalue weighted by molar-refractivity contribution is 5.81. The maximum atomic E-state index is 12.4. The zero-order chi connectivity index (χ0) is 18.7. The van der Waals surface area contributed by atoms with Gasteiger partial charge < -0.3 is 14.1 Å². The molecular formula is C20H27N3O3. The number of amides is 1. The largest absolute Gasteiger partial charge is 0.497 e. The molecule has 1 aromatic carbocycles. The molecule has 0 aliphatic carbocycles. The molecule has 2 heterocycles. The number of ether oxygens (including phenoxy) is 1. The van der Waals surface area contributed by atoms with Crippen LogP contribution in [0.1, 0.15) is 26.5 Å². The van der Waals surface area contributed by atoms with Crippen molar-refractivity contribution in [1.29, 1.82) is 0 Å². The van der Waals surface area contributed by atoms with Crippen molar-refractivity contribution in [3.63, 3.8) is 0 Å². The van der Waals surface area contributed by atoms with Crippen molar-refractivity contribution in [3.05, 3.63) is 36.2 Å². The molecule has 1 amide bonds. The minimum atomic E-state index is -0.318. The van der Waals surface area contributed by atoms with E-state index in [9.17, 15) is 4.79 Å². The average Bonchev–Trinajstić information content (AvgIpc) is 3.09. The number of carbonyl (C=O) groups excluding carboxylic acids is 1. The number of piperazine rings is 1. The number of oxazole rings is 1. The van der Waals surface area contributed by atoms with E-state index in [0.29, 0.717) is 5.89 Å². The summed E-state index contributed by atoms with van der Waals surface area (Å²) in [5.41, 5.74) is 1.52. The standard InChI is InChI=1S/C20H27N3O3/c1-20(2,3)19(24)23-11-9-22(10-12-23)13-16-14-26-18(21-16)15-5-7-17(25-4)8-6-15/h5-8,14H,9-13H2,1-4H3. The van der Waals surface area contributed by atoms with Crippen LogP contribution in [-0.4, -0.2) is 54.0 Å². The molecule has 1 saturated heterocycles. The first-order valence-electron chi connectivity index (χ1n) is 8.97. The van der Waals surface area contributed by atoms with Crippen molar-refractivity contribution >= 4 is 5.91 Å². The van der Waals surface area contributed by atoms with Gasteiger partial charge in [0, 0.05) is 43.7 Å². The molecule has 0 N–H and O–H groups in total. The van der Waals surface area contributed by atoms with Crippen molar-refractivity contribution in [2.24, 2.45) is 5.41 Å². The van der Waals surface area contributed by atoms with Crippen LogP contribution in [0, 0.1) is 5.41 Å². The number of aromatic nitrogens is 1. The van der Waals surface area contributed by atoms with Gasteiger partial charge in [0.25, 0.3) is 0 Å². The molecule has 1 aliphatic heterocycles. The van der Waals surface area contributed by atoms with E-state index in [0.717, 1.165) is 49.7 Å². The van der Waals surface area contributed by atoms with Crippen LogP contribution in [0.5, 0.6) is 5.75 Å². The molecule has 3 rings (SSSR count). The van der Waals surface area contributed by atoms with Gasteiger partial charge >= 0.3 is 0 Å². The van der Waals surface area contributed by atoms with Gasteiger partial charge in [-0.25, -0.2) is 4.98 Å². The van der Waals surface area contributed by atoms with Gasteiger partial charge in [-0.1, -0.05) is 20.8 Å². The summed E-state index contributed by atoms with van der Waals surface area (Å²) in [6, 6.07) is 7.66. The van der Waals surface area contributed by atoms with Crippen molar-refractivity contribution in [1.82, 2.24) is 14.8 Å². The van der Waals surface area contributed by atoms with E-state index in [2.05, 4.69) is 9.88 Å². The Kier molecular flexibility index (Phi) is 5.32. The van der Waals surface area contributed by atoms with E-state index in [1.807, 2.05) is 49.9 Å². The molecule has 140 valence electrons. The van der Waals surface area contributed by atoms with Crippen molar-refractivity contribution in [2.45, 2.75) is 27.3 Å². The molecule has 0 unspecified atom stereocenters. The Morgan fingerprint density at radius 2 is 1.81 bits per heavy atom. The second kappa shape index (κ2) is 7.50. The highest BCUT2D eigenvalue weighted by Gasteiger charge is 2.29. The van der Waals surface area contributed by atoms with Gasteiger partial charge in [-0.3, -0.25) is 9.69 Å². The Morgan fingerprint density at radius 3 is 2.38 bits per heavy atom. The first-order valence-corrected chi connectivity index (χ1v) is 8.97. The minimum Gasteiger partial charge on any atom is -0.497 e. The third-order valence-electron chi connectivity index (χ3n) is 4.58. The Labute approximate surface area is 154 Å². The predicted molar refractivity (Wildman–Crippen MR) is 99.8 cm³/mol. The average molecular weight is 357 g/mol. The van der Waals surface area contributed by atoms with Crippen molar-refractivity contribution in [3.8, 4) is 17.2 Å². The van der Waals surface area contributed by atoms with Crippen molar-refractivity contribution < 1.29 is 13.9 Å². The summed E-state index contributed by atoms with van der Waals surface area (Å²) >= 11 is 0. The molecule has 26 heavy (non-hydrogen) atoms. The van der Waals surface area contributed by atoms with Gasteiger partial charge in [0.2, 0.25) is 11.8 Å². The molecule has 6 heteroatoms. The van der Waals surface area contributed by atoms with E-state index in [4.69, 9.17) is 9.15 Å². The number of nitrogens with zero attached hydrogens (tertiary/aromatic N) is 3. The molecule has 6 nitrogen and oxygen atoms in total. The fraction of sp³-hybridized carbons (Fsp3) is 0.500. The van der Waals surface area contributed by atoms with E-state index >= 15 is 0 Å². The van der Waals surface area contributed by atoms with Gasteiger partial charge in [-0.15, -0.1) is 0 Å². The maximum Gasteiger partial charge on any atom is 0.228 e. The van der Waals surface area contributed by atoms with Crippen LogP contribution in [0.3, 0.4) is 0 Å². The van der Waals surface area contributed by atoms with E-state index in [-0.39, 0.29) is 11.3 Å². The molecule has 0 atom stereocenters. The minimum absolute atomic E-state index is 0.223. The molecular weight excluding hydrogens is 330 g/mol. The lowest BCUT2D eigenvalue weighted by molar-refractivity contribution is -0.141. The summed E-state index contributed by atoms with van der Waals surface area (Å²) in [6.07, 6.45) is 1.71. The molecule has 0 spiro atoms. The number of rotatable bonds is 4. The van der Waals surface area contributed by atoms with E-state index in [1.165, 1.54) is 0 Å². The number of hydrogen-bond donors (Lipinski definition) is 0. The van der Waals surface area contributed by atoms with Gasteiger partial charge in [-0.2, -0.15) is 0 Å². The van der Waals surface area contributed by atoms with Crippen LogP contribution in [0.2, 0.25) is 0 Å². The maximum absolute atomic E-state index is 12.4.